The molecular weight excluding hydrogens is 184 g/mol. The van der Waals surface area contributed by atoms with E-state index >= 15 is 0 Å². The highest BCUT2D eigenvalue weighted by atomic mass is 15.0. The van der Waals surface area contributed by atoms with Gasteiger partial charge in [0.1, 0.15) is 0 Å². The third-order valence-corrected chi connectivity index (χ3v) is 2.55. The minimum atomic E-state index is 0.433. The lowest BCUT2D eigenvalue weighted by Crippen LogP contribution is -2.14. The van der Waals surface area contributed by atoms with Gasteiger partial charge in [-0.2, -0.15) is 0 Å². The molecule has 15 heavy (non-hydrogen) atoms. The van der Waals surface area contributed by atoms with Gasteiger partial charge in [-0.3, -0.25) is 4.99 Å². The van der Waals surface area contributed by atoms with Gasteiger partial charge in [-0.1, -0.05) is 43.7 Å². The van der Waals surface area contributed by atoms with Gasteiger partial charge in [0.2, 0.25) is 0 Å². The number of aliphatic imine (C=N–C) groups is 2. The van der Waals surface area contributed by atoms with Crippen LogP contribution in [-0.2, 0) is 0 Å². The van der Waals surface area contributed by atoms with Crippen LogP contribution in [0.15, 0.2) is 40.3 Å². The van der Waals surface area contributed by atoms with Crippen LogP contribution in [0.1, 0.15) is 31.7 Å². The van der Waals surface area contributed by atoms with E-state index in [0.29, 0.717) is 6.04 Å². The molecule has 0 fully saturated rings. The number of rotatable bonds is 3. The van der Waals surface area contributed by atoms with Crippen LogP contribution in [0.4, 0.5) is 0 Å². The van der Waals surface area contributed by atoms with Gasteiger partial charge in [0.25, 0.3) is 0 Å². The molecule has 0 aliphatic carbocycles. The van der Waals surface area contributed by atoms with Crippen molar-refractivity contribution < 1.29 is 0 Å². The van der Waals surface area contributed by atoms with Gasteiger partial charge >= 0.3 is 0 Å². The molecule has 2 nitrogen and oxygen atoms in total. The molecule has 0 saturated carbocycles. The summed E-state index contributed by atoms with van der Waals surface area (Å²) in [4.78, 5) is 9.02. The fraction of sp³-hybridized carbons (Fsp3) is 0.385. The van der Waals surface area contributed by atoms with E-state index in [0.717, 1.165) is 24.2 Å². The van der Waals surface area contributed by atoms with E-state index in [9.17, 15) is 0 Å². The first-order valence-electron chi connectivity index (χ1n) is 5.56. The Morgan fingerprint density at radius 2 is 2.07 bits per heavy atom. The number of benzene rings is 1. The summed E-state index contributed by atoms with van der Waals surface area (Å²) in [6.45, 7) is 2.20. The SMILES string of the molecule is CCCC1CC=NC(c2ccccc2)=N1. The smallest absolute Gasteiger partial charge is 0.154 e. The third-order valence-electron chi connectivity index (χ3n) is 2.55. The molecule has 1 heterocycles. The highest BCUT2D eigenvalue weighted by Gasteiger charge is 2.11. The average molecular weight is 200 g/mol. The molecule has 0 N–H and O–H groups in total. The monoisotopic (exact) mass is 200 g/mol. The van der Waals surface area contributed by atoms with Crippen LogP contribution in [-0.4, -0.2) is 18.1 Å². The van der Waals surface area contributed by atoms with Crippen LogP contribution >= 0.6 is 0 Å². The summed E-state index contributed by atoms with van der Waals surface area (Å²) < 4.78 is 0. The number of amidine groups is 1. The van der Waals surface area contributed by atoms with Crippen molar-refractivity contribution in [2.45, 2.75) is 32.2 Å². The second-order valence-corrected chi connectivity index (χ2v) is 3.81. The standard InChI is InChI=1S/C13H16N2/c1-2-6-12-9-10-14-13(15-12)11-7-4-3-5-8-11/h3-5,7-8,10,12H,2,6,9H2,1H3. The van der Waals surface area contributed by atoms with Crippen LogP contribution in [0.5, 0.6) is 0 Å². The maximum atomic E-state index is 4.66. The second-order valence-electron chi connectivity index (χ2n) is 3.81. The zero-order chi connectivity index (χ0) is 10.5. The van der Waals surface area contributed by atoms with E-state index < -0.39 is 0 Å². The molecule has 0 radical (unpaired) electrons. The Morgan fingerprint density at radius 3 is 2.80 bits per heavy atom. The summed E-state index contributed by atoms with van der Waals surface area (Å²) in [7, 11) is 0. The van der Waals surface area contributed by atoms with E-state index in [-0.39, 0.29) is 0 Å². The molecule has 0 saturated heterocycles. The average Bonchev–Trinajstić information content (AvgIpc) is 2.31. The van der Waals surface area contributed by atoms with Gasteiger partial charge in [-0.25, -0.2) is 4.99 Å². The molecule has 1 unspecified atom stereocenters. The first-order valence-corrected chi connectivity index (χ1v) is 5.56. The lowest BCUT2D eigenvalue weighted by Gasteiger charge is -2.14. The summed E-state index contributed by atoms with van der Waals surface area (Å²) in [5.41, 5.74) is 1.12. The van der Waals surface area contributed by atoms with E-state index in [1.54, 1.807) is 0 Å². The largest absolute Gasteiger partial charge is 0.262 e. The lowest BCUT2D eigenvalue weighted by atomic mass is 10.1. The molecule has 1 aliphatic heterocycles. The number of nitrogens with zero attached hydrogens (tertiary/aromatic N) is 2. The highest BCUT2D eigenvalue weighted by Crippen LogP contribution is 2.13. The second kappa shape index (κ2) is 4.87. The molecule has 0 amide bonds. The van der Waals surface area contributed by atoms with Crippen molar-refractivity contribution in [3.8, 4) is 0 Å². The maximum absolute atomic E-state index is 4.66. The minimum Gasteiger partial charge on any atom is -0.262 e. The van der Waals surface area contributed by atoms with Crippen LogP contribution in [0.25, 0.3) is 0 Å². The van der Waals surface area contributed by atoms with Gasteiger partial charge in [0, 0.05) is 18.2 Å². The molecule has 2 heteroatoms. The molecule has 0 bridgehead atoms. The van der Waals surface area contributed by atoms with Gasteiger partial charge in [0.15, 0.2) is 5.84 Å². The van der Waals surface area contributed by atoms with Crippen LogP contribution in [0, 0.1) is 0 Å². The Labute approximate surface area is 90.8 Å². The Kier molecular flexibility index (Phi) is 3.28. The van der Waals surface area contributed by atoms with E-state index in [1.165, 1.54) is 6.42 Å². The van der Waals surface area contributed by atoms with Crippen molar-refractivity contribution in [3.05, 3.63) is 35.9 Å². The lowest BCUT2D eigenvalue weighted by molar-refractivity contribution is 0.624. The van der Waals surface area contributed by atoms with Crippen LogP contribution in [0.3, 0.4) is 0 Å². The fourth-order valence-electron chi connectivity index (χ4n) is 1.77. The van der Waals surface area contributed by atoms with Crippen molar-refractivity contribution in [1.29, 1.82) is 0 Å². The van der Waals surface area contributed by atoms with E-state index in [1.807, 2.05) is 24.4 Å². The molecule has 1 atom stereocenters. The van der Waals surface area contributed by atoms with Crippen LogP contribution in [0.2, 0.25) is 0 Å². The Bertz CT molecular complexity index is 365. The first kappa shape index (κ1) is 10.1. The summed E-state index contributed by atoms with van der Waals surface area (Å²) in [6.07, 6.45) is 5.33. The van der Waals surface area contributed by atoms with Crippen LogP contribution < -0.4 is 0 Å². The number of hydrogen-bond acceptors (Lipinski definition) is 2. The van der Waals surface area contributed by atoms with Crippen molar-refractivity contribution in [1.82, 2.24) is 0 Å². The molecule has 78 valence electrons. The molecular formula is C13H16N2. The predicted molar refractivity (Wildman–Crippen MR) is 64.8 cm³/mol. The van der Waals surface area contributed by atoms with Gasteiger partial charge in [-0.15, -0.1) is 0 Å². The zero-order valence-electron chi connectivity index (χ0n) is 9.06. The van der Waals surface area contributed by atoms with Gasteiger partial charge < -0.3 is 0 Å². The quantitative estimate of drug-likeness (QED) is 0.716. The molecule has 1 aromatic rings. The minimum absolute atomic E-state index is 0.433. The van der Waals surface area contributed by atoms with E-state index in [2.05, 4.69) is 29.0 Å². The molecule has 0 spiro atoms. The molecule has 0 aromatic heterocycles. The summed E-state index contributed by atoms with van der Waals surface area (Å²) in [5.74, 6) is 0.889. The van der Waals surface area contributed by atoms with Crippen molar-refractivity contribution in [2.75, 3.05) is 0 Å². The summed E-state index contributed by atoms with van der Waals surface area (Å²) in [5, 5.41) is 0. The fourth-order valence-corrected chi connectivity index (χ4v) is 1.77. The van der Waals surface area contributed by atoms with Crippen molar-refractivity contribution in [3.63, 3.8) is 0 Å². The van der Waals surface area contributed by atoms with Gasteiger partial charge in [0.05, 0.1) is 6.04 Å². The summed E-state index contributed by atoms with van der Waals surface area (Å²) >= 11 is 0. The van der Waals surface area contributed by atoms with Crippen molar-refractivity contribution >= 4 is 12.1 Å². The Balaban J connectivity index is 2.18. The maximum Gasteiger partial charge on any atom is 0.154 e. The number of hydrogen-bond donors (Lipinski definition) is 0. The Hall–Kier alpha value is -1.44. The summed E-state index contributed by atoms with van der Waals surface area (Å²) in [6, 6.07) is 10.6. The van der Waals surface area contributed by atoms with E-state index in [4.69, 9.17) is 0 Å². The topological polar surface area (TPSA) is 24.7 Å². The van der Waals surface area contributed by atoms with Crippen molar-refractivity contribution in [2.24, 2.45) is 9.98 Å². The molecule has 2 rings (SSSR count). The zero-order valence-corrected chi connectivity index (χ0v) is 9.06. The predicted octanol–water partition coefficient (Wildman–Crippen LogP) is 3.08. The molecule has 1 aromatic carbocycles. The highest BCUT2D eigenvalue weighted by molar-refractivity contribution is 6.04. The molecule has 1 aliphatic rings. The normalized spacial score (nSPS) is 20.1. The van der Waals surface area contributed by atoms with Gasteiger partial charge in [-0.05, 0) is 6.42 Å². The third kappa shape index (κ3) is 2.52. The Morgan fingerprint density at radius 1 is 1.27 bits per heavy atom. The first-order chi connectivity index (χ1) is 7.40.